The van der Waals surface area contributed by atoms with Crippen LogP contribution in [0, 0.1) is 0 Å². The van der Waals surface area contributed by atoms with E-state index in [2.05, 4.69) is 26.3 Å². The quantitative estimate of drug-likeness (QED) is 0.913. The highest BCUT2D eigenvalue weighted by atomic mass is 79.9. The van der Waals surface area contributed by atoms with Gasteiger partial charge in [-0.05, 0) is 27.6 Å². The number of hydrogen-bond donors (Lipinski definition) is 1. The van der Waals surface area contributed by atoms with Gasteiger partial charge in [-0.1, -0.05) is 18.2 Å². The van der Waals surface area contributed by atoms with E-state index in [-0.39, 0.29) is 22.1 Å². The minimum absolute atomic E-state index is 0.0663. The summed E-state index contributed by atoms with van der Waals surface area (Å²) in [4.78, 5) is 11.7. The molecule has 2 rings (SSSR count). The number of nitrogens with one attached hydrogen (secondary N) is 1. The van der Waals surface area contributed by atoms with Crippen molar-refractivity contribution < 1.29 is 13.2 Å². The average molecular weight is 362 g/mol. The number of benzene rings is 1. The lowest BCUT2D eigenvalue weighted by atomic mass is 10.1. The third kappa shape index (κ3) is 3.44. The molecular formula is C13H11BrF3N3O. The third-order valence-electron chi connectivity index (χ3n) is 2.87. The fourth-order valence-electron chi connectivity index (χ4n) is 1.78. The molecule has 1 aromatic heterocycles. The summed E-state index contributed by atoms with van der Waals surface area (Å²) in [7, 11) is 1.48. The molecule has 0 saturated carbocycles. The van der Waals surface area contributed by atoms with Crippen molar-refractivity contribution in [1.29, 1.82) is 0 Å². The van der Waals surface area contributed by atoms with E-state index < -0.39 is 11.7 Å². The number of aromatic nitrogens is 2. The zero-order chi connectivity index (χ0) is 15.6. The van der Waals surface area contributed by atoms with E-state index in [1.807, 2.05) is 0 Å². The summed E-state index contributed by atoms with van der Waals surface area (Å²) in [5.74, 6) is 0. The molecule has 8 heteroatoms. The van der Waals surface area contributed by atoms with Crippen LogP contribution >= 0.6 is 15.9 Å². The second-order valence-corrected chi connectivity index (χ2v) is 5.10. The van der Waals surface area contributed by atoms with Crippen molar-refractivity contribution >= 4 is 21.6 Å². The van der Waals surface area contributed by atoms with Crippen molar-refractivity contribution in [2.24, 2.45) is 7.05 Å². The molecule has 0 fully saturated rings. The van der Waals surface area contributed by atoms with Gasteiger partial charge < -0.3 is 5.32 Å². The summed E-state index contributed by atoms with van der Waals surface area (Å²) < 4.78 is 40.0. The fourth-order valence-corrected chi connectivity index (χ4v) is 2.27. The number of hydrogen-bond acceptors (Lipinski definition) is 3. The average Bonchev–Trinajstić information content (AvgIpc) is 2.43. The van der Waals surface area contributed by atoms with Crippen LogP contribution in [0.2, 0.25) is 0 Å². The molecule has 0 spiro atoms. The van der Waals surface area contributed by atoms with Crippen LogP contribution in [-0.2, 0) is 19.8 Å². The Labute approximate surface area is 126 Å². The van der Waals surface area contributed by atoms with E-state index in [1.165, 1.54) is 31.4 Å². The maximum atomic E-state index is 12.9. The van der Waals surface area contributed by atoms with Gasteiger partial charge >= 0.3 is 6.18 Å². The predicted molar refractivity (Wildman–Crippen MR) is 75.9 cm³/mol. The molecule has 21 heavy (non-hydrogen) atoms. The molecule has 1 N–H and O–H groups in total. The highest BCUT2D eigenvalue weighted by Gasteiger charge is 2.32. The van der Waals surface area contributed by atoms with Gasteiger partial charge in [-0.2, -0.15) is 18.3 Å². The van der Waals surface area contributed by atoms with Crippen LogP contribution in [0.15, 0.2) is 39.7 Å². The highest BCUT2D eigenvalue weighted by Crippen LogP contribution is 2.32. The molecule has 2 aromatic rings. The topological polar surface area (TPSA) is 46.9 Å². The predicted octanol–water partition coefficient (Wildman–Crippen LogP) is 3.17. The van der Waals surface area contributed by atoms with E-state index in [0.29, 0.717) is 5.69 Å². The summed E-state index contributed by atoms with van der Waals surface area (Å²) >= 11 is 3.10. The lowest BCUT2D eigenvalue weighted by Crippen LogP contribution is -2.21. The van der Waals surface area contributed by atoms with Crippen LogP contribution in [0.1, 0.15) is 11.1 Å². The maximum Gasteiger partial charge on any atom is 0.416 e. The Morgan fingerprint density at radius 3 is 2.67 bits per heavy atom. The Bertz CT molecular complexity index is 713. The first-order chi connectivity index (χ1) is 9.80. The molecular weight excluding hydrogens is 351 g/mol. The van der Waals surface area contributed by atoms with Crippen molar-refractivity contribution in [2.75, 3.05) is 5.32 Å². The third-order valence-corrected chi connectivity index (χ3v) is 3.64. The molecule has 1 aromatic carbocycles. The Morgan fingerprint density at radius 1 is 1.33 bits per heavy atom. The molecule has 0 aliphatic heterocycles. The molecule has 0 aliphatic carbocycles. The second kappa shape index (κ2) is 5.88. The summed E-state index contributed by atoms with van der Waals surface area (Å²) in [5, 5.41) is 6.60. The van der Waals surface area contributed by atoms with Gasteiger partial charge in [-0.15, -0.1) is 0 Å². The van der Waals surface area contributed by atoms with Gasteiger partial charge in [0.1, 0.15) is 4.47 Å². The number of nitrogens with zero attached hydrogens (tertiary/aromatic N) is 2. The lowest BCUT2D eigenvalue weighted by molar-refractivity contribution is -0.138. The smallest absolute Gasteiger partial charge is 0.379 e. The minimum Gasteiger partial charge on any atom is -0.379 e. The van der Waals surface area contributed by atoms with E-state index in [0.717, 1.165) is 10.7 Å². The number of alkyl halides is 3. The van der Waals surface area contributed by atoms with Crippen LogP contribution in [0.4, 0.5) is 18.9 Å². The molecule has 0 atom stereocenters. The number of anilines is 1. The molecule has 0 unspecified atom stereocenters. The van der Waals surface area contributed by atoms with Crippen molar-refractivity contribution in [3.63, 3.8) is 0 Å². The Hall–Kier alpha value is -1.83. The SMILES string of the molecule is Cn1ncc(NCc2ccccc2C(F)(F)F)c(Br)c1=O. The first-order valence-corrected chi connectivity index (χ1v) is 6.71. The van der Waals surface area contributed by atoms with E-state index in [9.17, 15) is 18.0 Å². The van der Waals surface area contributed by atoms with Crippen LogP contribution in [0.5, 0.6) is 0 Å². The molecule has 112 valence electrons. The normalized spacial score (nSPS) is 11.5. The lowest BCUT2D eigenvalue weighted by Gasteiger charge is -2.14. The second-order valence-electron chi connectivity index (χ2n) is 4.31. The van der Waals surface area contributed by atoms with Crippen LogP contribution in [-0.4, -0.2) is 9.78 Å². The van der Waals surface area contributed by atoms with Gasteiger partial charge in [0.15, 0.2) is 0 Å². The van der Waals surface area contributed by atoms with E-state index >= 15 is 0 Å². The molecule has 0 saturated heterocycles. The van der Waals surface area contributed by atoms with Gasteiger partial charge in [0.05, 0.1) is 17.4 Å². The summed E-state index contributed by atoms with van der Waals surface area (Å²) in [6.07, 6.45) is -3.04. The van der Waals surface area contributed by atoms with Crippen LogP contribution in [0.25, 0.3) is 0 Å². The molecule has 0 radical (unpaired) electrons. The van der Waals surface area contributed by atoms with E-state index in [1.54, 1.807) is 0 Å². The monoisotopic (exact) mass is 361 g/mol. The van der Waals surface area contributed by atoms with Crippen LogP contribution < -0.4 is 10.9 Å². The van der Waals surface area contributed by atoms with E-state index in [4.69, 9.17) is 0 Å². The largest absolute Gasteiger partial charge is 0.416 e. The number of halogens is 4. The van der Waals surface area contributed by atoms with Gasteiger partial charge in [-0.3, -0.25) is 4.79 Å². The molecule has 0 amide bonds. The van der Waals surface area contributed by atoms with Gasteiger partial charge in [-0.25, -0.2) is 4.68 Å². The summed E-state index contributed by atoms with van der Waals surface area (Å²) in [5.41, 5.74) is -0.637. The Balaban J connectivity index is 2.26. The first-order valence-electron chi connectivity index (χ1n) is 5.91. The van der Waals surface area contributed by atoms with Crippen molar-refractivity contribution in [1.82, 2.24) is 9.78 Å². The summed E-state index contributed by atoms with van der Waals surface area (Å²) in [6.45, 7) is -0.0663. The Morgan fingerprint density at radius 2 is 2.00 bits per heavy atom. The highest BCUT2D eigenvalue weighted by molar-refractivity contribution is 9.10. The maximum absolute atomic E-state index is 12.9. The zero-order valence-electron chi connectivity index (χ0n) is 10.9. The van der Waals surface area contributed by atoms with Gasteiger partial charge in [0.25, 0.3) is 5.56 Å². The molecule has 0 aliphatic rings. The minimum atomic E-state index is -4.42. The number of aryl methyl sites for hydroxylation is 1. The van der Waals surface area contributed by atoms with Crippen molar-refractivity contribution in [3.05, 3.63) is 56.4 Å². The van der Waals surface area contributed by atoms with Crippen molar-refractivity contribution in [3.8, 4) is 0 Å². The Kier molecular flexibility index (Phi) is 4.36. The fraction of sp³-hybridized carbons (Fsp3) is 0.231. The standard InChI is InChI=1S/C13H11BrF3N3O/c1-20-12(21)11(14)10(7-19-20)18-6-8-4-2-3-5-9(8)13(15,16)17/h2-5,7,18H,6H2,1H3. The molecule has 1 heterocycles. The molecule has 0 bridgehead atoms. The molecule has 4 nitrogen and oxygen atoms in total. The van der Waals surface area contributed by atoms with Gasteiger partial charge in [0, 0.05) is 13.6 Å². The summed E-state index contributed by atoms with van der Waals surface area (Å²) in [6, 6.07) is 5.28. The zero-order valence-corrected chi connectivity index (χ0v) is 12.5. The van der Waals surface area contributed by atoms with Crippen LogP contribution in [0.3, 0.4) is 0 Å². The number of rotatable bonds is 3. The first kappa shape index (κ1) is 15.6. The van der Waals surface area contributed by atoms with Gasteiger partial charge in [0.2, 0.25) is 0 Å². The van der Waals surface area contributed by atoms with Crippen molar-refractivity contribution in [2.45, 2.75) is 12.7 Å².